The van der Waals surface area contributed by atoms with E-state index >= 15 is 0 Å². The number of aliphatic hydroxyl groups is 1. The summed E-state index contributed by atoms with van der Waals surface area (Å²) >= 11 is 0. The number of esters is 1. The van der Waals surface area contributed by atoms with Crippen molar-refractivity contribution < 1.29 is 33.6 Å². The fourth-order valence-corrected chi connectivity index (χ4v) is 6.19. The van der Waals surface area contributed by atoms with Crippen molar-refractivity contribution in [3.8, 4) is 0 Å². The van der Waals surface area contributed by atoms with Gasteiger partial charge in [0.15, 0.2) is 12.6 Å². The van der Waals surface area contributed by atoms with Crippen LogP contribution in [0.5, 0.6) is 0 Å². The first kappa shape index (κ1) is 33.3. The van der Waals surface area contributed by atoms with Crippen molar-refractivity contribution in [1.29, 1.82) is 0 Å². The zero-order valence-electron chi connectivity index (χ0n) is 25.3. The van der Waals surface area contributed by atoms with Gasteiger partial charge in [-0.05, 0) is 76.0 Å². The van der Waals surface area contributed by atoms with Crippen LogP contribution in [0.15, 0.2) is 24.3 Å². The van der Waals surface area contributed by atoms with Crippen molar-refractivity contribution in [2.24, 2.45) is 17.8 Å². The SMILES string of the molecule is CCCC[C@H](C)C[C@H](C=C[C@@H]1[C@@H](CC=CCCCC(=O)OC)[C@@H](O)C[C@H]1OC1CCCCO1)OC1CCCCO1. The molecule has 8 atom stereocenters. The zero-order valence-corrected chi connectivity index (χ0v) is 25.3. The summed E-state index contributed by atoms with van der Waals surface area (Å²) in [6.45, 7) is 6.07. The van der Waals surface area contributed by atoms with Crippen LogP contribution < -0.4 is 0 Å². The quantitative estimate of drug-likeness (QED) is 0.117. The largest absolute Gasteiger partial charge is 0.469 e. The molecule has 7 heteroatoms. The lowest BCUT2D eigenvalue weighted by atomic mass is 9.89. The standard InChI is InChI=1S/C33H56O7/c1-4-5-14-25(2)23-26(39-32-17-10-12-21-37-32)19-20-28-27(15-8-6-7-9-16-31(35)36-3)29(34)24-30(28)40-33-18-11-13-22-38-33/h6,8,19-20,25-30,32-34H,4-5,7,9-18,21-24H2,1-3H3/t25-,26-,27+,28+,29-,30+,32?,33?/m0/s1. The van der Waals surface area contributed by atoms with Gasteiger partial charge in [-0.15, -0.1) is 0 Å². The Bertz CT molecular complexity index is 741. The number of hydrogen-bond donors (Lipinski definition) is 1. The molecule has 3 rings (SSSR count). The highest BCUT2D eigenvalue weighted by Crippen LogP contribution is 2.40. The molecule has 0 bridgehead atoms. The molecule has 1 N–H and O–H groups in total. The van der Waals surface area contributed by atoms with Gasteiger partial charge in [0.1, 0.15) is 0 Å². The lowest BCUT2D eigenvalue weighted by Crippen LogP contribution is -2.31. The van der Waals surface area contributed by atoms with E-state index in [0.29, 0.717) is 18.8 Å². The van der Waals surface area contributed by atoms with Crippen LogP contribution in [0.1, 0.15) is 110 Å². The first-order valence-electron chi connectivity index (χ1n) is 16.1. The topological polar surface area (TPSA) is 83.5 Å². The number of unbranched alkanes of at least 4 members (excludes halogenated alkanes) is 2. The van der Waals surface area contributed by atoms with E-state index < -0.39 is 6.10 Å². The molecule has 0 radical (unpaired) electrons. The highest BCUT2D eigenvalue weighted by molar-refractivity contribution is 5.69. The number of carbonyl (C=O) groups excluding carboxylic acids is 1. The summed E-state index contributed by atoms with van der Waals surface area (Å²) in [6, 6.07) is 0. The van der Waals surface area contributed by atoms with Gasteiger partial charge in [-0.3, -0.25) is 4.79 Å². The zero-order chi connectivity index (χ0) is 28.6. The molecule has 0 spiro atoms. The van der Waals surface area contributed by atoms with Gasteiger partial charge in [-0.25, -0.2) is 0 Å². The fraction of sp³-hybridized carbons (Fsp3) is 0.848. The summed E-state index contributed by atoms with van der Waals surface area (Å²) in [7, 11) is 1.42. The van der Waals surface area contributed by atoms with E-state index in [0.717, 1.165) is 77.4 Å². The van der Waals surface area contributed by atoms with Crippen LogP contribution >= 0.6 is 0 Å². The lowest BCUT2D eigenvalue weighted by Gasteiger charge is -2.30. The molecular weight excluding hydrogens is 508 g/mol. The van der Waals surface area contributed by atoms with Crippen molar-refractivity contribution >= 4 is 5.97 Å². The van der Waals surface area contributed by atoms with E-state index in [1.54, 1.807) is 0 Å². The smallest absolute Gasteiger partial charge is 0.305 e. The Morgan fingerprint density at radius 1 is 1.05 bits per heavy atom. The second-order valence-corrected chi connectivity index (χ2v) is 12.0. The number of hydrogen-bond acceptors (Lipinski definition) is 7. The summed E-state index contributed by atoms with van der Waals surface area (Å²) < 4.78 is 29.6. The van der Waals surface area contributed by atoms with E-state index in [9.17, 15) is 9.90 Å². The van der Waals surface area contributed by atoms with Gasteiger partial charge in [0.2, 0.25) is 0 Å². The Morgan fingerprint density at radius 3 is 2.48 bits per heavy atom. The molecule has 1 aliphatic carbocycles. The normalized spacial score (nSPS) is 31.1. The third kappa shape index (κ3) is 11.9. The molecule has 0 amide bonds. The Labute approximate surface area is 243 Å². The van der Waals surface area contributed by atoms with Crippen LogP contribution in [0, 0.1) is 17.8 Å². The van der Waals surface area contributed by atoms with Gasteiger partial charge in [0, 0.05) is 32.0 Å². The number of aliphatic hydroxyl groups excluding tert-OH is 1. The average Bonchev–Trinajstić information content (AvgIpc) is 3.26. The number of rotatable bonds is 17. The molecule has 0 aromatic rings. The highest BCUT2D eigenvalue weighted by Gasteiger charge is 2.42. The first-order chi connectivity index (χ1) is 19.5. The van der Waals surface area contributed by atoms with Crippen LogP contribution in [0.4, 0.5) is 0 Å². The predicted octanol–water partition coefficient (Wildman–Crippen LogP) is 6.87. The number of carbonyl (C=O) groups is 1. The molecule has 0 aromatic heterocycles. The van der Waals surface area contributed by atoms with Gasteiger partial charge in [0.25, 0.3) is 0 Å². The average molecular weight is 565 g/mol. The molecule has 2 saturated heterocycles. The second-order valence-electron chi connectivity index (χ2n) is 12.0. The molecule has 3 fully saturated rings. The van der Waals surface area contributed by atoms with Crippen LogP contribution in [0.25, 0.3) is 0 Å². The maximum absolute atomic E-state index is 11.4. The minimum Gasteiger partial charge on any atom is -0.469 e. The number of allylic oxidation sites excluding steroid dienone is 2. The van der Waals surface area contributed by atoms with Crippen molar-refractivity contribution in [2.45, 2.75) is 141 Å². The van der Waals surface area contributed by atoms with E-state index in [2.05, 4.69) is 38.2 Å². The Morgan fingerprint density at radius 2 is 1.80 bits per heavy atom. The van der Waals surface area contributed by atoms with Gasteiger partial charge >= 0.3 is 5.97 Å². The summed E-state index contributed by atoms with van der Waals surface area (Å²) in [5, 5.41) is 11.1. The molecule has 3 aliphatic rings. The highest BCUT2D eigenvalue weighted by atomic mass is 16.7. The third-order valence-corrected chi connectivity index (χ3v) is 8.61. The Kier molecular flexibility index (Phi) is 15.8. The molecule has 2 aliphatic heterocycles. The third-order valence-electron chi connectivity index (χ3n) is 8.61. The molecule has 7 nitrogen and oxygen atoms in total. The van der Waals surface area contributed by atoms with Gasteiger partial charge < -0.3 is 28.8 Å². The molecule has 2 heterocycles. The predicted molar refractivity (Wildman–Crippen MR) is 157 cm³/mol. The van der Waals surface area contributed by atoms with Crippen molar-refractivity contribution in [1.82, 2.24) is 0 Å². The monoisotopic (exact) mass is 564 g/mol. The summed E-state index contributed by atoms with van der Waals surface area (Å²) in [5.41, 5.74) is 0. The number of ether oxygens (including phenoxy) is 5. The molecule has 230 valence electrons. The van der Waals surface area contributed by atoms with E-state index in [-0.39, 0.29) is 42.6 Å². The van der Waals surface area contributed by atoms with Gasteiger partial charge in [-0.2, -0.15) is 0 Å². The first-order valence-corrected chi connectivity index (χ1v) is 16.1. The van der Waals surface area contributed by atoms with Crippen LogP contribution in [0.2, 0.25) is 0 Å². The maximum Gasteiger partial charge on any atom is 0.305 e. The summed E-state index contributed by atoms with van der Waals surface area (Å²) in [4.78, 5) is 11.4. The van der Waals surface area contributed by atoms with Crippen molar-refractivity contribution in [3.63, 3.8) is 0 Å². The van der Waals surface area contributed by atoms with Crippen LogP contribution in [-0.2, 0) is 28.5 Å². The van der Waals surface area contributed by atoms with Crippen molar-refractivity contribution in [2.75, 3.05) is 20.3 Å². The van der Waals surface area contributed by atoms with E-state index in [4.69, 9.17) is 23.7 Å². The van der Waals surface area contributed by atoms with Crippen LogP contribution in [-0.4, -0.2) is 62.3 Å². The maximum atomic E-state index is 11.4. The molecule has 0 aromatic carbocycles. The van der Waals surface area contributed by atoms with Gasteiger partial charge in [-0.1, -0.05) is 57.4 Å². The molecule has 40 heavy (non-hydrogen) atoms. The Balaban J connectivity index is 1.69. The minimum atomic E-state index is -0.438. The van der Waals surface area contributed by atoms with Crippen molar-refractivity contribution in [3.05, 3.63) is 24.3 Å². The van der Waals surface area contributed by atoms with Crippen LogP contribution in [0.3, 0.4) is 0 Å². The van der Waals surface area contributed by atoms with Gasteiger partial charge in [0.05, 0.1) is 25.4 Å². The molecule has 2 unspecified atom stereocenters. The lowest BCUT2D eigenvalue weighted by molar-refractivity contribution is -0.193. The minimum absolute atomic E-state index is 0.0196. The number of methoxy groups -OCH3 is 1. The fourth-order valence-electron chi connectivity index (χ4n) is 6.19. The Hall–Kier alpha value is -1.25. The summed E-state index contributed by atoms with van der Waals surface area (Å²) in [6.07, 6.45) is 22.2. The second kappa shape index (κ2) is 19.0. The summed E-state index contributed by atoms with van der Waals surface area (Å²) in [5.74, 6) is 0.531. The molecular formula is C33H56O7. The molecule has 1 saturated carbocycles. The van der Waals surface area contributed by atoms with E-state index in [1.165, 1.54) is 26.4 Å². The van der Waals surface area contributed by atoms with E-state index in [1.807, 2.05) is 0 Å².